The van der Waals surface area contributed by atoms with Crippen molar-refractivity contribution in [2.45, 2.75) is 39.5 Å². The molecule has 1 N–H and O–H groups in total. The zero-order chi connectivity index (χ0) is 12.0. The normalized spacial score (nSPS) is 12.1. The monoisotopic (exact) mass is 242 g/mol. The molecule has 1 heterocycles. The first-order valence-electron chi connectivity index (χ1n) is 5.74. The van der Waals surface area contributed by atoms with Crippen LogP contribution in [0.1, 0.15) is 38.3 Å². The van der Waals surface area contributed by atoms with Gasteiger partial charge >= 0.3 is 0 Å². The number of hydrogen-bond acceptors (Lipinski definition) is 2. The third-order valence-corrected chi connectivity index (χ3v) is 2.67. The number of hydrogen-bond donors (Lipinski definition) is 1. The highest BCUT2D eigenvalue weighted by Gasteiger charge is 1.97. The number of halogens is 1. The standard InChI is InChI=1S/C12H19ClN2O/c1-3-4-5-6-7-14-12-9-11(13)8-10(2)15(12)16/h8-9,16H,3-7H2,1-2H3. The van der Waals surface area contributed by atoms with Gasteiger partial charge in [-0.3, -0.25) is 4.99 Å². The van der Waals surface area contributed by atoms with E-state index in [2.05, 4.69) is 11.9 Å². The van der Waals surface area contributed by atoms with Crippen LogP contribution in [-0.4, -0.2) is 16.5 Å². The first-order chi connectivity index (χ1) is 7.65. The van der Waals surface area contributed by atoms with Crippen molar-refractivity contribution in [3.05, 3.63) is 28.3 Å². The molecule has 16 heavy (non-hydrogen) atoms. The first kappa shape index (κ1) is 13.1. The SMILES string of the molecule is CCCCCCN=c1cc(Cl)cc(C)n1O. The maximum Gasteiger partial charge on any atom is 0.165 e. The third kappa shape index (κ3) is 3.89. The summed E-state index contributed by atoms with van der Waals surface area (Å²) in [7, 11) is 0. The summed E-state index contributed by atoms with van der Waals surface area (Å²) in [5, 5.41) is 10.3. The second-order valence-corrected chi connectivity index (χ2v) is 4.36. The number of unbranched alkanes of at least 4 members (excludes halogenated alkanes) is 3. The van der Waals surface area contributed by atoms with Crippen molar-refractivity contribution in [3.8, 4) is 0 Å². The van der Waals surface area contributed by atoms with Gasteiger partial charge in [0.1, 0.15) is 0 Å². The molecule has 0 aliphatic carbocycles. The van der Waals surface area contributed by atoms with Gasteiger partial charge in [-0.1, -0.05) is 37.8 Å². The van der Waals surface area contributed by atoms with E-state index in [1.165, 1.54) is 19.3 Å². The Morgan fingerprint density at radius 3 is 2.75 bits per heavy atom. The summed E-state index contributed by atoms with van der Waals surface area (Å²) in [4.78, 5) is 4.33. The Kier molecular flexibility index (Phi) is 5.39. The molecule has 0 bridgehead atoms. The molecule has 4 heteroatoms. The molecule has 0 amide bonds. The maximum absolute atomic E-state index is 9.69. The van der Waals surface area contributed by atoms with Crippen molar-refractivity contribution in [1.82, 2.24) is 4.73 Å². The van der Waals surface area contributed by atoms with Crippen LogP contribution < -0.4 is 5.49 Å². The minimum absolute atomic E-state index is 0.529. The predicted octanol–water partition coefficient (Wildman–Crippen LogP) is 3.17. The number of nitrogens with zero attached hydrogens (tertiary/aromatic N) is 2. The van der Waals surface area contributed by atoms with Gasteiger partial charge in [-0.2, -0.15) is 4.73 Å². The van der Waals surface area contributed by atoms with E-state index in [9.17, 15) is 5.21 Å². The van der Waals surface area contributed by atoms with Crippen molar-refractivity contribution in [2.75, 3.05) is 6.54 Å². The molecule has 0 spiro atoms. The van der Waals surface area contributed by atoms with E-state index < -0.39 is 0 Å². The van der Waals surface area contributed by atoms with Crippen LogP contribution in [0.5, 0.6) is 0 Å². The molecule has 1 aromatic heterocycles. The van der Waals surface area contributed by atoms with Crippen molar-refractivity contribution < 1.29 is 5.21 Å². The highest BCUT2D eigenvalue weighted by Crippen LogP contribution is 2.05. The minimum Gasteiger partial charge on any atom is -0.427 e. The van der Waals surface area contributed by atoms with Crippen molar-refractivity contribution in [3.63, 3.8) is 0 Å². The zero-order valence-electron chi connectivity index (χ0n) is 9.91. The number of rotatable bonds is 5. The molecular weight excluding hydrogens is 224 g/mol. The van der Waals surface area contributed by atoms with Gasteiger partial charge in [0.2, 0.25) is 0 Å². The molecule has 0 radical (unpaired) electrons. The largest absolute Gasteiger partial charge is 0.427 e. The number of aryl methyl sites for hydroxylation is 1. The molecule has 0 fully saturated rings. The fourth-order valence-corrected chi connectivity index (χ4v) is 1.77. The van der Waals surface area contributed by atoms with Crippen molar-refractivity contribution in [1.29, 1.82) is 0 Å². The van der Waals surface area contributed by atoms with E-state index in [1.54, 1.807) is 19.1 Å². The Morgan fingerprint density at radius 2 is 2.06 bits per heavy atom. The van der Waals surface area contributed by atoms with E-state index in [1.807, 2.05) is 0 Å². The van der Waals surface area contributed by atoms with Crippen molar-refractivity contribution >= 4 is 11.6 Å². The lowest BCUT2D eigenvalue weighted by atomic mass is 10.2. The summed E-state index contributed by atoms with van der Waals surface area (Å²) in [6.45, 7) is 4.71. The summed E-state index contributed by atoms with van der Waals surface area (Å²) in [5.41, 5.74) is 1.22. The number of aromatic nitrogens is 1. The number of pyridine rings is 1. The molecule has 1 rings (SSSR count). The van der Waals surface area contributed by atoms with Gasteiger partial charge in [-0.25, -0.2) is 0 Å². The quantitative estimate of drug-likeness (QED) is 0.625. The van der Waals surface area contributed by atoms with E-state index in [4.69, 9.17) is 11.6 Å². The maximum atomic E-state index is 9.69. The average molecular weight is 243 g/mol. The van der Waals surface area contributed by atoms with Gasteiger partial charge in [0.05, 0.1) is 5.69 Å². The van der Waals surface area contributed by atoms with Crippen molar-refractivity contribution in [2.24, 2.45) is 4.99 Å². The fraction of sp³-hybridized carbons (Fsp3) is 0.583. The second-order valence-electron chi connectivity index (χ2n) is 3.93. The van der Waals surface area contributed by atoms with Crippen LogP contribution >= 0.6 is 11.6 Å². The first-order valence-corrected chi connectivity index (χ1v) is 6.12. The topological polar surface area (TPSA) is 37.5 Å². The zero-order valence-corrected chi connectivity index (χ0v) is 10.7. The molecular formula is C12H19ClN2O. The lowest BCUT2D eigenvalue weighted by molar-refractivity contribution is 0.165. The van der Waals surface area contributed by atoms with Crippen LogP contribution in [0.2, 0.25) is 5.02 Å². The molecule has 3 nitrogen and oxygen atoms in total. The van der Waals surface area contributed by atoms with Crippen LogP contribution in [0.25, 0.3) is 0 Å². The van der Waals surface area contributed by atoms with Gasteiger partial charge in [-0.15, -0.1) is 0 Å². The Hall–Kier alpha value is -0.960. The lowest BCUT2D eigenvalue weighted by Gasteiger charge is -2.04. The van der Waals surface area contributed by atoms with Crippen LogP contribution in [0, 0.1) is 6.92 Å². The summed E-state index contributed by atoms with van der Waals surface area (Å²) in [6, 6.07) is 3.38. The van der Waals surface area contributed by atoms with E-state index in [-0.39, 0.29) is 0 Å². The van der Waals surface area contributed by atoms with E-state index in [0.29, 0.717) is 16.2 Å². The van der Waals surface area contributed by atoms with E-state index in [0.717, 1.165) is 17.7 Å². The van der Waals surface area contributed by atoms with Gasteiger partial charge < -0.3 is 5.21 Å². The molecule has 0 unspecified atom stereocenters. The van der Waals surface area contributed by atoms with Crippen LogP contribution in [0.4, 0.5) is 0 Å². The highest BCUT2D eigenvalue weighted by atomic mass is 35.5. The summed E-state index contributed by atoms with van der Waals surface area (Å²) in [5.74, 6) is 0. The molecule has 0 aromatic carbocycles. The second kappa shape index (κ2) is 6.59. The van der Waals surface area contributed by atoms with Gasteiger partial charge in [-0.05, 0) is 19.4 Å². The molecule has 90 valence electrons. The summed E-state index contributed by atoms with van der Waals surface area (Å²) >= 11 is 5.90. The van der Waals surface area contributed by atoms with Gasteiger partial charge in [0, 0.05) is 17.6 Å². The Bertz CT molecular complexity index is 398. The molecule has 0 saturated carbocycles. The van der Waals surface area contributed by atoms with Gasteiger partial charge in [0.25, 0.3) is 0 Å². The summed E-state index contributed by atoms with van der Waals surface area (Å²) < 4.78 is 1.08. The highest BCUT2D eigenvalue weighted by molar-refractivity contribution is 6.30. The molecule has 0 aliphatic heterocycles. The smallest absolute Gasteiger partial charge is 0.165 e. The van der Waals surface area contributed by atoms with Crippen LogP contribution in [-0.2, 0) is 0 Å². The predicted molar refractivity (Wildman–Crippen MR) is 65.9 cm³/mol. The fourth-order valence-electron chi connectivity index (χ4n) is 1.51. The van der Waals surface area contributed by atoms with Gasteiger partial charge in [0.15, 0.2) is 5.49 Å². The molecule has 0 saturated heterocycles. The molecule has 1 aromatic rings. The van der Waals surface area contributed by atoms with Crippen LogP contribution in [0.15, 0.2) is 17.1 Å². The minimum atomic E-state index is 0.529. The lowest BCUT2D eigenvalue weighted by Crippen LogP contribution is -2.21. The average Bonchev–Trinajstić information content (AvgIpc) is 2.24. The Labute approximate surface area is 101 Å². The molecule has 0 aliphatic rings. The Morgan fingerprint density at radius 1 is 1.31 bits per heavy atom. The summed E-state index contributed by atoms with van der Waals surface area (Å²) in [6.07, 6.45) is 4.70. The van der Waals surface area contributed by atoms with E-state index >= 15 is 0 Å². The molecule has 0 atom stereocenters. The van der Waals surface area contributed by atoms with Crippen LogP contribution in [0.3, 0.4) is 0 Å². The third-order valence-electron chi connectivity index (χ3n) is 2.45. The Balaban J connectivity index is 2.68.